The Labute approximate surface area is 76.7 Å². The van der Waals surface area contributed by atoms with Crippen LogP contribution in [0.4, 0.5) is 0 Å². The summed E-state index contributed by atoms with van der Waals surface area (Å²) in [6, 6.07) is -1.33. The summed E-state index contributed by atoms with van der Waals surface area (Å²) < 4.78 is 0. The fourth-order valence-electron chi connectivity index (χ4n) is 0.682. The third kappa shape index (κ3) is 4.44. The zero-order valence-electron chi connectivity index (χ0n) is 7.92. The molecule has 0 spiro atoms. The largest absolute Gasteiger partial charge is 0.480 e. The van der Waals surface area contributed by atoms with Crippen LogP contribution in [-0.2, 0) is 9.59 Å². The first-order valence-electron chi connectivity index (χ1n) is 3.94. The van der Waals surface area contributed by atoms with Crippen molar-refractivity contribution in [2.45, 2.75) is 25.9 Å². The molecule has 0 heterocycles. The summed E-state index contributed by atoms with van der Waals surface area (Å²) >= 11 is 0. The van der Waals surface area contributed by atoms with Crippen LogP contribution in [0.1, 0.15) is 13.8 Å². The molecule has 0 aliphatic rings. The van der Waals surface area contributed by atoms with Crippen LogP contribution in [0.25, 0.3) is 0 Å². The van der Waals surface area contributed by atoms with Crippen LogP contribution in [0, 0.1) is 0 Å². The van der Waals surface area contributed by atoms with E-state index in [9.17, 15) is 9.59 Å². The summed E-state index contributed by atoms with van der Waals surface area (Å²) in [5.41, 5.74) is 5.23. The molecule has 6 nitrogen and oxygen atoms in total. The van der Waals surface area contributed by atoms with Gasteiger partial charge >= 0.3 is 5.97 Å². The Bertz CT molecular complexity index is 195. The number of amides is 1. The molecule has 0 rings (SSSR count). The molecule has 6 heteroatoms. The number of carbonyl (C=O) groups is 2. The van der Waals surface area contributed by atoms with Crippen LogP contribution in [0.15, 0.2) is 0 Å². The predicted molar refractivity (Wildman–Crippen MR) is 46.9 cm³/mol. The van der Waals surface area contributed by atoms with E-state index in [1.54, 1.807) is 14.0 Å². The Morgan fingerprint density at radius 1 is 1.23 bits per heavy atom. The van der Waals surface area contributed by atoms with E-state index in [0.29, 0.717) is 0 Å². The van der Waals surface area contributed by atoms with Gasteiger partial charge in [0, 0.05) is 0 Å². The van der Waals surface area contributed by atoms with Crippen molar-refractivity contribution in [3.05, 3.63) is 0 Å². The van der Waals surface area contributed by atoms with Gasteiger partial charge in [0.05, 0.1) is 6.04 Å². The molecular formula is C7H15N3O3. The molecule has 0 aromatic rings. The van der Waals surface area contributed by atoms with Crippen molar-refractivity contribution in [1.82, 2.24) is 16.2 Å². The van der Waals surface area contributed by atoms with Crippen molar-refractivity contribution in [1.29, 1.82) is 0 Å². The molecule has 0 radical (unpaired) electrons. The first-order valence-corrected chi connectivity index (χ1v) is 3.94. The van der Waals surface area contributed by atoms with Gasteiger partial charge in [-0.3, -0.25) is 15.0 Å². The standard InChI is InChI=1S/C7H15N3O3/c1-4(10-8-3)6(11)9-5(2)7(12)13/h4-5,8,10H,1-3H3,(H,9,11)(H,12,13). The average Bonchev–Trinajstić information content (AvgIpc) is 2.04. The van der Waals surface area contributed by atoms with E-state index in [4.69, 9.17) is 5.11 Å². The van der Waals surface area contributed by atoms with Gasteiger partial charge in [-0.25, -0.2) is 5.43 Å². The lowest BCUT2D eigenvalue weighted by molar-refractivity contribution is -0.141. The number of hydrogen-bond acceptors (Lipinski definition) is 4. The highest BCUT2D eigenvalue weighted by Gasteiger charge is 2.17. The van der Waals surface area contributed by atoms with Gasteiger partial charge in [-0.1, -0.05) is 0 Å². The number of hydrogen-bond donors (Lipinski definition) is 4. The highest BCUT2D eigenvalue weighted by Crippen LogP contribution is 1.85. The van der Waals surface area contributed by atoms with Gasteiger partial charge in [0.25, 0.3) is 0 Å². The molecule has 0 saturated heterocycles. The number of rotatable bonds is 5. The summed E-state index contributed by atoms with van der Waals surface area (Å²) in [5.74, 6) is -1.41. The number of hydrazine groups is 1. The molecule has 1 amide bonds. The molecule has 0 fully saturated rings. The minimum atomic E-state index is -1.05. The molecule has 0 aromatic heterocycles. The van der Waals surface area contributed by atoms with Crippen LogP contribution < -0.4 is 16.2 Å². The lowest BCUT2D eigenvalue weighted by atomic mass is 10.3. The van der Waals surface area contributed by atoms with Crippen molar-refractivity contribution in [3.8, 4) is 0 Å². The van der Waals surface area contributed by atoms with Crippen LogP contribution >= 0.6 is 0 Å². The Hall–Kier alpha value is -1.14. The first kappa shape index (κ1) is 11.9. The highest BCUT2D eigenvalue weighted by atomic mass is 16.4. The molecule has 2 unspecified atom stereocenters. The maximum absolute atomic E-state index is 11.2. The topological polar surface area (TPSA) is 90.5 Å². The fraction of sp³-hybridized carbons (Fsp3) is 0.714. The maximum atomic E-state index is 11.2. The van der Waals surface area contributed by atoms with Gasteiger partial charge in [0.1, 0.15) is 6.04 Å². The zero-order valence-corrected chi connectivity index (χ0v) is 7.92. The molecule has 0 aliphatic heterocycles. The maximum Gasteiger partial charge on any atom is 0.325 e. The highest BCUT2D eigenvalue weighted by molar-refractivity contribution is 5.86. The molecule has 4 N–H and O–H groups in total. The minimum Gasteiger partial charge on any atom is -0.480 e. The second-order valence-electron chi connectivity index (χ2n) is 2.68. The first-order chi connectivity index (χ1) is 5.99. The summed E-state index contributed by atoms with van der Waals surface area (Å²) in [7, 11) is 1.63. The summed E-state index contributed by atoms with van der Waals surface area (Å²) in [6.07, 6.45) is 0. The average molecular weight is 189 g/mol. The molecule has 0 aliphatic carbocycles. The van der Waals surface area contributed by atoms with Gasteiger partial charge in [0.2, 0.25) is 5.91 Å². The summed E-state index contributed by atoms with van der Waals surface area (Å²) in [6.45, 7) is 3.03. The lowest BCUT2D eigenvalue weighted by Gasteiger charge is -2.15. The quantitative estimate of drug-likeness (QED) is 0.403. The van der Waals surface area contributed by atoms with E-state index in [-0.39, 0.29) is 5.91 Å². The SMILES string of the molecule is CNNC(C)C(=O)NC(C)C(=O)O. The number of nitrogens with one attached hydrogen (secondary N) is 3. The van der Waals surface area contributed by atoms with Crippen molar-refractivity contribution < 1.29 is 14.7 Å². The Morgan fingerprint density at radius 3 is 2.15 bits per heavy atom. The van der Waals surface area contributed by atoms with Crippen molar-refractivity contribution in [3.63, 3.8) is 0 Å². The van der Waals surface area contributed by atoms with Crippen molar-refractivity contribution in [2.24, 2.45) is 0 Å². The van der Waals surface area contributed by atoms with Crippen molar-refractivity contribution >= 4 is 11.9 Å². The van der Waals surface area contributed by atoms with E-state index >= 15 is 0 Å². The van der Waals surface area contributed by atoms with E-state index in [0.717, 1.165) is 0 Å². The molecule has 13 heavy (non-hydrogen) atoms. The second kappa shape index (κ2) is 5.50. The van der Waals surface area contributed by atoms with Gasteiger partial charge in [-0.15, -0.1) is 0 Å². The molecule has 2 atom stereocenters. The zero-order chi connectivity index (χ0) is 10.4. The van der Waals surface area contributed by atoms with E-state index in [1.807, 2.05) is 0 Å². The second-order valence-corrected chi connectivity index (χ2v) is 2.68. The van der Waals surface area contributed by atoms with Gasteiger partial charge in [-0.05, 0) is 20.9 Å². The van der Waals surface area contributed by atoms with Gasteiger partial charge in [0.15, 0.2) is 0 Å². The third-order valence-corrected chi connectivity index (χ3v) is 1.48. The number of aliphatic carboxylic acids is 1. The van der Waals surface area contributed by atoms with E-state index in [1.165, 1.54) is 6.92 Å². The Kier molecular flexibility index (Phi) is 5.01. The monoisotopic (exact) mass is 189 g/mol. The Balaban J connectivity index is 3.92. The smallest absolute Gasteiger partial charge is 0.325 e. The third-order valence-electron chi connectivity index (χ3n) is 1.48. The number of carbonyl (C=O) groups excluding carboxylic acids is 1. The molecule has 76 valence electrons. The Morgan fingerprint density at radius 2 is 1.77 bits per heavy atom. The van der Waals surface area contributed by atoms with Crippen LogP contribution in [0.3, 0.4) is 0 Å². The van der Waals surface area contributed by atoms with Crippen LogP contribution in [0.2, 0.25) is 0 Å². The van der Waals surface area contributed by atoms with Gasteiger partial charge < -0.3 is 10.4 Å². The predicted octanol–water partition coefficient (Wildman–Crippen LogP) is -1.31. The van der Waals surface area contributed by atoms with Crippen LogP contribution in [-0.4, -0.2) is 36.1 Å². The van der Waals surface area contributed by atoms with Crippen molar-refractivity contribution in [2.75, 3.05) is 7.05 Å². The number of carboxylic acid groups (broad SMARTS) is 1. The molecule has 0 aromatic carbocycles. The summed E-state index contributed by atoms with van der Waals surface area (Å²) in [5, 5.41) is 10.8. The van der Waals surface area contributed by atoms with E-state index in [2.05, 4.69) is 16.2 Å². The molecule has 0 saturated carbocycles. The summed E-state index contributed by atoms with van der Waals surface area (Å²) in [4.78, 5) is 21.5. The normalized spacial score (nSPS) is 14.7. The molecule has 0 bridgehead atoms. The van der Waals surface area contributed by atoms with E-state index < -0.39 is 18.1 Å². The minimum absolute atomic E-state index is 0.357. The molecular weight excluding hydrogens is 174 g/mol. The fourth-order valence-corrected chi connectivity index (χ4v) is 0.682. The van der Waals surface area contributed by atoms with Gasteiger partial charge in [-0.2, -0.15) is 0 Å². The lowest BCUT2D eigenvalue weighted by Crippen LogP contribution is -2.50. The van der Waals surface area contributed by atoms with Crippen LogP contribution in [0.5, 0.6) is 0 Å². The number of carboxylic acids is 1.